The van der Waals surface area contributed by atoms with Crippen molar-refractivity contribution in [3.8, 4) is 5.75 Å². The predicted octanol–water partition coefficient (Wildman–Crippen LogP) is 2.41. The minimum absolute atomic E-state index is 0.00942. The van der Waals surface area contributed by atoms with Gasteiger partial charge in [0.2, 0.25) is 0 Å². The molecule has 1 saturated carbocycles. The molecular formula is C16H14Cl2O5. The van der Waals surface area contributed by atoms with Crippen molar-refractivity contribution < 1.29 is 24.2 Å². The third-order valence-electron chi connectivity index (χ3n) is 4.58. The number of rotatable bonds is 1. The number of phenolic OH excluding ortho intramolecular Hbond substituents is 1. The van der Waals surface area contributed by atoms with E-state index in [0.717, 1.165) is 0 Å². The lowest BCUT2D eigenvalue weighted by Crippen LogP contribution is -2.69. The van der Waals surface area contributed by atoms with E-state index in [9.17, 15) is 19.5 Å². The Balaban J connectivity index is 2.34. The molecule has 1 N–H and O–H groups in total. The maximum absolute atomic E-state index is 13.0. The van der Waals surface area contributed by atoms with E-state index in [1.807, 2.05) is 0 Å². The monoisotopic (exact) mass is 356 g/mol. The van der Waals surface area contributed by atoms with Crippen molar-refractivity contribution in [3.05, 3.63) is 28.8 Å². The SMILES string of the molecule is CO[C@H]1CC(=O)C[C@@]2(Cl)C(=O)c3c(O)cc(C)cc3C(=O)[C@@]12Cl. The summed E-state index contributed by atoms with van der Waals surface area (Å²) in [5.74, 6) is -2.00. The van der Waals surface area contributed by atoms with Crippen LogP contribution in [0.5, 0.6) is 5.75 Å². The number of carbonyl (C=O) groups excluding carboxylic acids is 3. The average Bonchev–Trinajstić information content (AvgIpc) is 2.47. The van der Waals surface area contributed by atoms with Crippen LogP contribution >= 0.6 is 23.2 Å². The molecule has 1 aromatic carbocycles. The number of aryl methyl sites for hydroxylation is 1. The predicted molar refractivity (Wildman–Crippen MR) is 83.7 cm³/mol. The molecule has 3 atom stereocenters. The minimum atomic E-state index is -1.97. The van der Waals surface area contributed by atoms with Gasteiger partial charge in [-0.3, -0.25) is 14.4 Å². The smallest absolute Gasteiger partial charge is 0.191 e. The van der Waals surface area contributed by atoms with Crippen LogP contribution in [0.1, 0.15) is 39.1 Å². The Kier molecular flexibility index (Phi) is 3.59. The van der Waals surface area contributed by atoms with Gasteiger partial charge in [-0.1, -0.05) is 0 Å². The zero-order valence-corrected chi connectivity index (χ0v) is 14.0. The van der Waals surface area contributed by atoms with E-state index in [1.165, 1.54) is 19.2 Å². The van der Waals surface area contributed by atoms with E-state index in [2.05, 4.69) is 0 Å². The Bertz CT molecular complexity index is 759. The molecule has 0 spiro atoms. The number of halogens is 2. The lowest BCUT2D eigenvalue weighted by atomic mass is 9.64. The highest BCUT2D eigenvalue weighted by molar-refractivity contribution is 6.56. The number of fused-ring (bicyclic) bond motifs is 2. The van der Waals surface area contributed by atoms with Crippen LogP contribution in [0.25, 0.3) is 0 Å². The largest absolute Gasteiger partial charge is 0.507 e. The minimum Gasteiger partial charge on any atom is -0.507 e. The summed E-state index contributed by atoms with van der Waals surface area (Å²) in [4.78, 5) is 34.1. The molecule has 0 bridgehead atoms. The first kappa shape index (κ1) is 16.4. The van der Waals surface area contributed by atoms with Crippen molar-refractivity contribution >= 4 is 40.6 Å². The van der Waals surface area contributed by atoms with E-state index in [-0.39, 0.29) is 35.5 Å². The van der Waals surface area contributed by atoms with Crippen LogP contribution in [0.4, 0.5) is 0 Å². The van der Waals surface area contributed by atoms with Crippen molar-refractivity contribution in [3.63, 3.8) is 0 Å². The summed E-state index contributed by atoms with van der Waals surface area (Å²) in [6, 6.07) is 2.85. The topological polar surface area (TPSA) is 80.7 Å². The summed E-state index contributed by atoms with van der Waals surface area (Å²) in [5.41, 5.74) is 0.428. The lowest BCUT2D eigenvalue weighted by Gasteiger charge is -2.49. The van der Waals surface area contributed by atoms with E-state index in [0.29, 0.717) is 5.56 Å². The Hall–Kier alpha value is -1.43. The first-order chi connectivity index (χ1) is 10.7. The van der Waals surface area contributed by atoms with Crippen LogP contribution in [0.2, 0.25) is 0 Å². The van der Waals surface area contributed by atoms with Gasteiger partial charge in [-0.2, -0.15) is 0 Å². The summed E-state index contributed by atoms with van der Waals surface area (Å²) in [5, 5.41) is 10.1. The fourth-order valence-electron chi connectivity index (χ4n) is 3.47. The van der Waals surface area contributed by atoms with Gasteiger partial charge in [0.05, 0.1) is 11.7 Å². The highest BCUT2D eigenvalue weighted by atomic mass is 35.5. The molecule has 2 aliphatic carbocycles. The van der Waals surface area contributed by atoms with Gasteiger partial charge in [-0.25, -0.2) is 0 Å². The van der Waals surface area contributed by atoms with Gasteiger partial charge in [-0.05, 0) is 24.6 Å². The van der Waals surface area contributed by atoms with Crippen molar-refractivity contribution in [2.45, 2.75) is 35.6 Å². The first-order valence-corrected chi connectivity index (χ1v) is 7.78. The molecule has 2 aliphatic rings. The molecule has 1 fully saturated rings. The van der Waals surface area contributed by atoms with Gasteiger partial charge in [0.1, 0.15) is 16.4 Å². The fraction of sp³-hybridized carbons (Fsp3) is 0.438. The number of Topliss-reactive ketones (excluding diaryl/α,β-unsaturated/α-hetero) is 3. The van der Waals surface area contributed by atoms with E-state index < -0.39 is 27.4 Å². The molecule has 0 radical (unpaired) electrons. The van der Waals surface area contributed by atoms with Gasteiger partial charge in [0.25, 0.3) is 0 Å². The summed E-state index contributed by atoms with van der Waals surface area (Å²) in [6.45, 7) is 1.68. The first-order valence-electron chi connectivity index (χ1n) is 7.02. The molecule has 7 heteroatoms. The van der Waals surface area contributed by atoms with Crippen molar-refractivity contribution in [2.75, 3.05) is 7.11 Å². The van der Waals surface area contributed by atoms with Crippen LogP contribution in [0.3, 0.4) is 0 Å². The third kappa shape index (κ3) is 1.93. The number of hydrogen-bond acceptors (Lipinski definition) is 5. The molecule has 5 nitrogen and oxygen atoms in total. The number of aromatic hydroxyl groups is 1. The standard InChI is InChI=1S/C16H14Cl2O5/c1-7-3-9-12(10(20)4-7)14(22)15(17)6-8(19)5-11(23-2)16(15,18)13(9)21/h3-4,11,20H,5-6H2,1-2H3/t11-,15+,16-/m0/s1. The number of ketones is 3. The molecule has 23 heavy (non-hydrogen) atoms. The number of carbonyl (C=O) groups is 3. The van der Waals surface area contributed by atoms with Gasteiger partial charge in [-0.15, -0.1) is 23.2 Å². The van der Waals surface area contributed by atoms with Crippen molar-refractivity contribution in [1.82, 2.24) is 0 Å². The van der Waals surface area contributed by atoms with Crippen LogP contribution in [0, 0.1) is 6.92 Å². The number of benzene rings is 1. The molecular weight excluding hydrogens is 343 g/mol. The maximum atomic E-state index is 13.0. The lowest BCUT2D eigenvalue weighted by molar-refractivity contribution is -0.125. The van der Waals surface area contributed by atoms with E-state index in [1.54, 1.807) is 6.92 Å². The van der Waals surface area contributed by atoms with Gasteiger partial charge in [0.15, 0.2) is 16.4 Å². The van der Waals surface area contributed by atoms with Crippen molar-refractivity contribution in [1.29, 1.82) is 0 Å². The zero-order chi connectivity index (χ0) is 17.2. The summed E-state index contributed by atoms with van der Waals surface area (Å²) < 4.78 is 5.22. The van der Waals surface area contributed by atoms with Crippen LogP contribution in [-0.2, 0) is 9.53 Å². The molecule has 0 amide bonds. The molecule has 0 unspecified atom stereocenters. The van der Waals surface area contributed by atoms with Gasteiger partial charge < -0.3 is 9.84 Å². The van der Waals surface area contributed by atoms with E-state index in [4.69, 9.17) is 27.9 Å². The van der Waals surface area contributed by atoms with Crippen LogP contribution < -0.4 is 0 Å². The van der Waals surface area contributed by atoms with Gasteiger partial charge in [0, 0.05) is 25.5 Å². The molecule has 0 aromatic heterocycles. The summed E-state index contributed by atoms with van der Waals surface area (Å²) in [7, 11) is 1.31. The molecule has 122 valence electrons. The van der Waals surface area contributed by atoms with Crippen LogP contribution in [0.15, 0.2) is 12.1 Å². The molecule has 0 saturated heterocycles. The molecule has 1 aromatic rings. The number of hydrogen-bond donors (Lipinski definition) is 1. The zero-order valence-electron chi connectivity index (χ0n) is 12.5. The summed E-state index contributed by atoms with van der Waals surface area (Å²) >= 11 is 13.0. The third-order valence-corrected chi connectivity index (χ3v) is 6.02. The second kappa shape index (κ2) is 5.03. The highest BCUT2D eigenvalue weighted by Gasteiger charge is 2.70. The van der Waals surface area contributed by atoms with Crippen LogP contribution in [-0.4, -0.2) is 45.4 Å². The summed E-state index contributed by atoms with van der Waals surface area (Å²) in [6.07, 6.45) is -1.49. The number of alkyl halides is 2. The Morgan fingerprint density at radius 3 is 2.48 bits per heavy atom. The number of phenols is 1. The second-order valence-electron chi connectivity index (χ2n) is 6.02. The number of methoxy groups -OCH3 is 1. The molecule has 3 rings (SSSR count). The highest BCUT2D eigenvalue weighted by Crippen LogP contribution is 2.54. The normalized spacial score (nSPS) is 33.4. The van der Waals surface area contributed by atoms with Crippen molar-refractivity contribution in [2.24, 2.45) is 0 Å². The molecule has 0 aliphatic heterocycles. The second-order valence-corrected chi connectivity index (χ2v) is 7.26. The van der Waals surface area contributed by atoms with Gasteiger partial charge >= 0.3 is 0 Å². The Morgan fingerprint density at radius 1 is 1.22 bits per heavy atom. The molecule has 0 heterocycles. The Labute approximate surface area is 142 Å². The Morgan fingerprint density at radius 2 is 1.87 bits per heavy atom. The maximum Gasteiger partial charge on any atom is 0.191 e. The number of ether oxygens (including phenoxy) is 1. The van der Waals surface area contributed by atoms with E-state index >= 15 is 0 Å². The average molecular weight is 357 g/mol. The quantitative estimate of drug-likeness (QED) is 0.781. The fourth-order valence-corrected chi connectivity index (χ4v) is 4.34.